The highest BCUT2D eigenvalue weighted by Crippen LogP contribution is 2.25. The van der Waals surface area contributed by atoms with Crippen LogP contribution in [0.15, 0.2) is 34.8 Å². The van der Waals surface area contributed by atoms with Crippen molar-refractivity contribution in [1.29, 1.82) is 0 Å². The van der Waals surface area contributed by atoms with Gasteiger partial charge in [-0.2, -0.15) is 0 Å². The zero-order valence-corrected chi connectivity index (χ0v) is 13.5. The minimum absolute atomic E-state index is 0.367. The number of benzene rings is 1. The van der Waals surface area contributed by atoms with Crippen molar-refractivity contribution in [3.8, 4) is 0 Å². The van der Waals surface area contributed by atoms with Crippen LogP contribution in [0.2, 0.25) is 5.02 Å². The standard InChI is InChI=1S/C14H15BrClNS/c1-9-3-6-14(18-9)10(2)17-8-11-4-5-12(15)13(16)7-11/h3-7,10,17H,8H2,1-2H3. The first-order valence-corrected chi connectivity index (χ1v) is 7.78. The van der Waals surface area contributed by atoms with Crippen molar-refractivity contribution < 1.29 is 0 Å². The fraction of sp³-hybridized carbons (Fsp3) is 0.286. The van der Waals surface area contributed by atoms with Gasteiger partial charge in [-0.25, -0.2) is 0 Å². The minimum Gasteiger partial charge on any atom is -0.305 e. The third-order valence-corrected chi connectivity index (χ3v) is 5.20. The van der Waals surface area contributed by atoms with E-state index in [0.717, 1.165) is 16.0 Å². The van der Waals surface area contributed by atoms with Gasteiger partial charge in [0.25, 0.3) is 0 Å². The molecule has 1 aromatic carbocycles. The highest BCUT2D eigenvalue weighted by Gasteiger charge is 2.07. The molecule has 1 atom stereocenters. The lowest BCUT2D eigenvalue weighted by atomic mass is 10.2. The second-order valence-corrected chi connectivity index (χ2v) is 6.88. The van der Waals surface area contributed by atoms with Gasteiger partial charge in [-0.3, -0.25) is 0 Å². The fourth-order valence-corrected chi connectivity index (χ4v) is 3.06. The Morgan fingerprint density at radius 1 is 1.33 bits per heavy atom. The lowest BCUT2D eigenvalue weighted by Gasteiger charge is -2.12. The molecule has 0 amide bonds. The summed E-state index contributed by atoms with van der Waals surface area (Å²) >= 11 is 11.3. The maximum atomic E-state index is 6.08. The summed E-state index contributed by atoms with van der Waals surface area (Å²) in [6, 6.07) is 10.8. The maximum absolute atomic E-state index is 6.08. The van der Waals surface area contributed by atoms with Crippen LogP contribution in [0.25, 0.3) is 0 Å². The van der Waals surface area contributed by atoms with E-state index < -0.39 is 0 Å². The van der Waals surface area contributed by atoms with E-state index in [1.54, 1.807) is 0 Å². The average molecular weight is 345 g/mol. The quantitative estimate of drug-likeness (QED) is 0.791. The lowest BCUT2D eigenvalue weighted by Crippen LogP contribution is -2.17. The molecule has 2 rings (SSSR count). The largest absolute Gasteiger partial charge is 0.305 e. The van der Waals surface area contributed by atoms with E-state index in [4.69, 9.17) is 11.6 Å². The lowest BCUT2D eigenvalue weighted by molar-refractivity contribution is 0.583. The average Bonchev–Trinajstić information content (AvgIpc) is 2.77. The molecule has 1 nitrogen and oxygen atoms in total. The number of thiophene rings is 1. The van der Waals surface area contributed by atoms with Crippen LogP contribution in [0, 0.1) is 6.92 Å². The predicted octanol–water partition coefficient (Wildman–Crippen LogP) is 5.32. The van der Waals surface area contributed by atoms with Gasteiger partial charge in [0.15, 0.2) is 0 Å². The van der Waals surface area contributed by atoms with Gasteiger partial charge in [0.1, 0.15) is 0 Å². The minimum atomic E-state index is 0.367. The molecule has 0 aliphatic carbocycles. The molecule has 0 aliphatic heterocycles. The molecule has 0 fully saturated rings. The van der Waals surface area contributed by atoms with Crippen LogP contribution in [0.4, 0.5) is 0 Å². The molecule has 1 N–H and O–H groups in total. The fourth-order valence-electron chi connectivity index (χ4n) is 1.71. The van der Waals surface area contributed by atoms with Crippen molar-refractivity contribution in [3.63, 3.8) is 0 Å². The summed E-state index contributed by atoms with van der Waals surface area (Å²) in [6.45, 7) is 5.15. The molecule has 0 aliphatic rings. The van der Waals surface area contributed by atoms with Crippen molar-refractivity contribution in [1.82, 2.24) is 5.32 Å². The molecule has 1 heterocycles. The maximum Gasteiger partial charge on any atom is 0.0551 e. The first-order valence-electron chi connectivity index (χ1n) is 5.80. The predicted molar refractivity (Wildman–Crippen MR) is 83.5 cm³/mol. The van der Waals surface area contributed by atoms with Crippen LogP contribution in [0.5, 0.6) is 0 Å². The summed E-state index contributed by atoms with van der Waals surface area (Å²) in [5.41, 5.74) is 1.20. The summed E-state index contributed by atoms with van der Waals surface area (Å²) in [7, 11) is 0. The summed E-state index contributed by atoms with van der Waals surface area (Å²) in [5.74, 6) is 0. The first kappa shape index (κ1) is 14.1. The third kappa shape index (κ3) is 3.58. The Morgan fingerprint density at radius 3 is 2.72 bits per heavy atom. The zero-order chi connectivity index (χ0) is 13.1. The first-order chi connectivity index (χ1) is 8.56. The molecule has 0 saturated carbocycles. The highest BCUT2D eigenvalue weighted by atomic mass is 79.9. The van der Waals surface area contributed by atoms with Gasteiger partial charge in [-0.1, -0.05) is 17.7 Å². The normalized spacial score (nSPS) is 12.7. The van der Waals surface area contributed by atoms with Gasteiger partial charge < -0.3 is 5.32 Å². The Labute approximate surface area is 125 Å². The van der Waals surface area contributed by atoms with Gasteiger partial charge in [-0.05, 0) is 59.6 Å². The van der Waals surface area contributed by atoms with Gasteiger partial charge in [0.2, 0.25) is 0 Å². The Hall–Kier alpha value is -0.350. The smallest absolute Gasteiger partial charge is 0.0551 e. The molecule has 1 aromatic heterocycles. The Balaban J connectivity index is 1.97. The second-order valence-electron chi connectivity index (χ2n) is 4.30. The summed E-state index contributed by atoms with van der Waals surface area (Å²) in [5, 5.41) is 4.27. The van der Waals surface area contributed by atoms with Crippen molar-refractivity contribution in [2.75, 3.05) is 0 Å². The van der Waals surface area contributed by atoms with Crippen LogP contribution in [0.1, 0.15) is 28.3 Å². The summed E-state index contributed by atoms with van der Waals surface area (Å²) < 4.78 is 0.940. The van der Waals surface area contributed by atoms with Gasteiger partial charge in [0, 0.05) is 26.8 Å². The van der Waals surface area contributed by atoms with E-state index in [1.807, 2.05) is 23.5 Å². The number of halogens is 2. The molecule has 2 aromatic rings. The van der Waals surface area contributed by atoms with E-state index in [1.165, 1.54) is 15.3 Å². The van der Waals surface area contributed by atoms with Crippen molar-refractivity contribution >= 4 is 38.9 Å². The van der Waals surface area contributed by atoms with Crippen LogP contribution in [-0.2, 0) is 6.54 Å². The molecule has 0 bridgehead atoms. The van der Waals surface area contributed by atoms with Crippen molar-refractivity contribution in [2.24, 2.45) is 0 Å². The van der Waals surface area contributed by atoms with Crippen molar-refractivity contribution in [2.45, 2.75) is 26.4 Å². The molecular weight excluding hydrogens is 330 g/mol. The zero-order valence-electron chi connectivity index (χ0n) is 10.3. The Kier molecular flexibility index (Phi) is 4.84. The van der Waals surface area contributed by atoms with E-state index in [0.29, 0.717) is 6.04 Å². The van der Waals surface area contributed by atoms with Gasteiger partial charge in [-0.15, -0.1) is 11.3 Å². The van der Waals surface area contributed by atoms with E-state index in [-0.39, 0.29) is 0 Å². The highest BCUT2D eigenvalue weighted by molar-refractivity contribution is 9.10. The Morgan fingerprint density at radius 2 is 2.11 bits per heavy atom. The summed E-state index contributed by atoms with van der Waals surface area (Å²) in [4.78, 5) is 2.72. The van der Waals surface area contributed by atoms with Crippen molar-refractivity contribution in [3.05, 3.63) is 55.1 Å². The van der Waals surface area contributed by atoms with E-state index >= 15 is 0 Å². The Bertz CT molecular complexity index is 538. The molecule has 0 radical (unpaired) electrons. The molecule has 1 unspecified atom stereocenters. The van der Waals surface area contributed by atoms with Crippen LogP contribution >= 0.6 is 38.9 Å². The number of rotatable bonds is 4. The summed E-state index contributed by atoms with van der Waals surface area (Å²) in [6.07, 6.45) is 0. The molecule has 4 heteroatoms. The van der Waals surface area contributed by atoms with E-state index in [2.05, 4.69) is 53.3 Å². The molecule has 18 heavy (non-hydrogen) atoms. The van der Waals surface area contributed by atoms with Crippen LogP contribution < -0.4 is 5.32 Å². The molecule has 96 valence electrons. The van der Waals surface area contributed by atoms with Gasteiger partial charge >= 0.3 is 0 Å². The SMILES string of the molecule is Cc1ccc(C(C)NCc2ccc(Br)c(Cl)c2)s1. The topological polar surface area (TPSA) is 12.0 Å². The number of hydrogen-bond acceptors (Lipinski definition) is 2. The number of nitrogens with one attached hydrogen (secondary N) is 1. The number of hydrogen-bond donors (Lipinski definition) is 1. The molecular formula is C14H15BrClNS. The van der Waals surface area contributed by atoms with Crippen LogP contribution in [0.3, 0.4) is 0 Å². The van der Waals surface area contributed by atoms with Gasteiger partial charge in [0.05, 0.1) is 5.02 Å². The molecule has 0 spiro atoms. The number of aryl methyl sites for hydroxylation is 1. The second kappa shape index (κ2) is 6.20. The third-order valence-electron chi connectivity index (χ3n) is 2.78. The van der Waals surface area contributed by atoms with E-state index in [9.17, 15) is 0 Å². The van der Waals surface area contributed by atoms with Crippen LogP contribution in [-0.4, -0.2) is 0 Å². The molecule has 0 saturated heterocycles. The monoisotopic (exact) mass is 343 g/mol.